The van der Waals surface area contributed by atoms with Crippen molar-refractivity contribution in [3.8, 4) is 0 Å². The highest BCUT2D eigenvalue weighted by atomic mass is 79.9. The van der Waals surface area contributed by atoms with Crippen LogP contribution in [0.3, 0.4) is 0 Å². The molecular formula is C12H10BrClN2. The minimum atomic E-state index is 0.485. The maximum Gasteiger partial charge on any atom is 0.152 e. The zero-order valence-corrected chi connectivity index (χ0v) is 10.8. The monoisotopic (exact) mass is 296 g/mol. The zero-order valence-electron chi connectivity index (χ0n) is 8.45. The molecule has 0 saturated carbocycles. The van der Waals surface area contributed by atoms with E-state index in [4.69, 9.17) is 11.6 Å². The standard InChI is InChI=1S/C12H10BrClN2/c13-10-6-11(12(14)16-8-10)15-7-9-4-2-1-3-5-9/h1-6,8,15H,7H2. The van der Waals surface area contributed by atoms with Gasteiger partial charge in [0.2, 0.25) is 0 Å². The van der Waals surface area contributed by atoms with Crippen LogP contribution in [0.25, 0.3) is 0 Å². The van der Waals surface area contributed by atoms with Gasteiger partial charge in [-0.15, -0.1) is 0 Å². The van der Waals surface area contributed by atoms with E-state index in [-0.39, 0.29) is 0 Å². The molecule has 0 aliphatic heterocycles. The number of halogens is 2. The molecule has 0 amide bonds. The minimum Gasteiger partial charge on any atom is -0.378 e. The largest absolute Gasteiger partial charge is 0.378 e. The fourth-order valence-electron chi connectivity index (χ4n) is 1.34. The summed E-state index contributed by atoms with van der Waals surface area (Å²) in [6, 6.07) is 12.1. The smallest absolute Gasteiger partial charge is 0.152 e. The number of benzene rings is 1. The number of anilines is 1. The van der Waals surface area contributed by atoms with Crippen molar-refractivity contribution >= 4 is 33.2 Å². The van der Waals surface area contributed by atoms with Gasteiger partial charge in [0.05, 0.1) is 5.69 Å². The molecule has 0 unspecified atom stereocenters. The van der Waals surface area contributed by atoms with Crippen LogP contribution in [0.2, 0.25) is 5.15 Å². The number of pyridine rings is 1. The lowest BCUT2D eigenvalue weighted by molar-refractivity contribution is 1.13. The van der Waals surface area contributed by atoms with Gasteiger partial charge in [0.25, 0.3) is 0 Å². The molecule has 4 heteroatoms. The summed E-state index contributed by atoms with van der Waals surface area (Å²) in [5.74, 6) is 0. The number of hydrogen-bond acceptors (Lipinski definition) is 2. The molecule has 0 aliphatic rings. The first-order valence-electron chi connectivity index (χ1n) is 4.84. The lowest BCUT2D eigenvalue weighted by Crippen LogP contribution is -2.00. The van der Waals surface area contributed by atoms with Crippen LogP contribution in [-0.2, 0) is 6.54 Å². The molecule has 16 heavy (non-hydrogen) atoms. The van der Waals surface area contributed by atoms with Crippen LogP contribution in [0.15, 0.2) is 47.1 Å². The molecule has 82 valence electrons. The van der Waals surface area contributed by atoms with Gasteiger partial charge in [-0.25, -0.2) is 4.98 Å². The van der Waals surface area contributed by atoms with Gasteiger partial charge >= 0.3 is 0 Å². The summed E-state index contributed by atoms with van der Waals surface area (Å²) < 4.78 is 0.910. The molecular weight excluding hydrogens is 288 g/mol. The average Bonchev–Trinajstić information content (AvgIpc) is 2.32. The summed E-state index contributed by atoms with van der Waals surface area (Å²) in [6.45, 7) is 0.735. The van der Waals surface area contributed by atoms with E-state index in [1.807, 2.05) is 24.3 Å². The molecule has 1 aromatic heterocycles. The highest BCUT2D eigenvalue weighted by Gasteiger charge is 2.01. The van der Waals surface area contributed by atoms with Crippen molar-refractivity contribution < 1.29 is 0 Å². The van der Waals surface area contributed by atoms with Crippen molar-refractivity contribution in [2.75, 3.05) is 5.32 Å². The van der Waals surface area contributed by atoms with Crippen LogP contribution in [0.1, 0.15) is 5.56 Å². The SMILES string of the molecule is Clc1ncc(Br)cc1NCc1ccccc1. The van der Waals surface area contributed by atoms with E-state index in [0.29, 0.717) is 5.15 Å². The van der Waals surface area contributed by atoms with Gasteiger partial charge in [0.15, 0.2) is 5.15 Å². The van der Waals surface area contributed by atoms with Crippen LogP contribution in [0.5, 0.6) is 0 Å². The summed E-state index contributed by atoms with van der Waals surface area (Å²) in [5, 5.41) is 3.73. The van der Waals surface area contributed by atoms with Gasteiger partial charge in [-0.3, -0.25) is 0 Å². The van der Waals surface area contributed by atoms with Crippen molar-refractivity contribution in [2.45, 2.75) is 6.54 Å². The van der Waals surface area contributed by atoms with Gasteiger partial charge in [-0.2, -0.15) is 0 Å². The van der Waals surface area contributed by atoms with Crippen LogP contribution >= 0.6 is 27.5 Å². The van der Waals surface area contributed by atoms with Gasteiger partial charge in [-0.1, -0.05) is 41.9 Å². The number of aromatic nitrogens is 1. The molecule has 0 radical (unpaired) electrons. The summed E-state index contributed by atoms with van der Waals surface area (Å²) in [5.41, 5.74) is 2.04. The molecule has 0 bridgehead atoms. The summed E-state index contributed by atoms with van der Waals surface area (Å²) in [7, 11) is 0. The van der Waals surface area contributed by atoms with Crippen LogP contribution in [0.4, 0.5) is 5.69 Å². The van der Waals surface area contributed by atoms with Crippen molar-refractivity contribution in [3.05, 3.63) is 57.8 Å². The molecule has 0 atom stereocenters. The van der Waals surface area contributed by atoms with E-state index in [2.05, 4.69) is 38.4 Å². The van der Waals surface area contributed by atoms with E-state index in [9.17, 15) is 0 Å². The fourth-order valence-corrected chi connectivity index (χ4v) is 1.84. The van der Waals surface area contributed by atoms with Gasteiger partial charge in [-0.05, 0) is 27.6 Å². The topological polar surface area (TPSA) is 24.9 Å². The molecule has 2 nitrogen and oxygen atoms in total. The number of nitrogens with one attached hydrogen (secondary N) is 1. The molecule has 0 spiro atoms. The Kier molecular flexibility index (Phi) is 3.80. The maximum atomic E-state index is 5.97. The second-order valence-electron chi connectivity index (χ2n) is 3.33. The second-order valence-corrected chi connectivity index (χ2v) is 4.60. The second kappa shape index (κ2) is 5.32. The van der Waals surface area contributed by atoms with E-state index in [1.54, 1.807) is 6.20 Å². The highest BCUT2D eigenvalue weighted by Crippen LogP contribution is 2.23. The normalized spacial score (nSPS) is 10.1. The third-order valence-corrected chi connectivity index (χ3v) is 2.87. The lowest BCUT2D eigenvalue weighted by Gasteiger charge is -2.08. The summed E-state index contributed by atoms with van der Waals surface area (Å²) in [4.78, 5) is 4.05. The molecule has 1 N–H and O–H groups in total. The van der Waals surface area contributed by atoms with Gasteiger partial charge in [0.1, 0.15) is 0 Å². The molecule has 0 saturated heterocycles. The van der Waals surface area contributed by atoms with Crippen molar-refractivity contribution in [1.29, 1.82) is 0 Å². The van der Waals surface area contributed by atoms with Crippen LogP contribution in [0, 0.1) is 0 Å². The van der Waals surface area contributed by atoms with Crippen molar-refractivity contribution in [2.24, 2.45) is 0 Å². The predicted molar refractivity (Wildman–Crippen MR) is 70.7 cm³/mol. The summed E-state index contributed by atoms with van der Waals surface area (Å²) >= 11 is 9.33. The van der Waals surface area contributed by atoms with Gasteiger partial charge < -0.3 is 5.32 Å². The van der Waals surface area contributed by atoms with E-state index < -0.39 is 0 Å². The quantitative estimate of drug-likeness (QED) is 0.862. The lowest BCUT2D eigenvalue weighted by atomic mass is 10.2. The third kappa shape index (κ3) is 2.97. The Hall–Kier alpha value is -1.06. The fraction of sp³-hybridized carbons (Fsp3) is 0.0833. The Morgan fingerprint density at radius 1 is 1.25 bits per heavy atom. The average molecular weight is 298 g/mol. The van der Waals surface area contributed by atoms with Crippen LogP contribution < -0.4 is 5.32 Å². The molecule has 1 aromatic carbocycles. The molecule has 2 aromatic rings. The Balaban J connectivity index is 2.08. The number of hydrogen-bond donors (Lipinski definition) is 1. The van der Waals surface area contributed by atoms with E-state index >= 15 is 0 Å². The Morgan fingerprint density at radius 3 is 2.75 bits per heavy atom. The first kappa shape index (κ1) is 11.4. The molecule has 1 heterocycles. The Morgan fingerprint density at radius 2 is 2.00 bits per heavy atom. The third-order valence-electron chi connectivity index (χ3n) is 2.13. The first-order chi connectivity index (χ1) is 7.75. The van der Waals surface area contributed by atoms with Crippen molar-refractivity contribution in [3.63, 3.8) is 0 Å². The van der Waals surface area contributed by atoms with Crippen molar-refractivity contribution in [1.82, 2.24) is 4.98 Å². The maximum absolute atomic E-state index is 5.97. The van der Waals surface area contributed by atoms with Crippen LogP contribution in [-0.4, -0.2) is 4.98 Å². The number of nitrogens with zero attached hydrogens (tertiary/aromatic N) is 1. The minimum absolute atomic E-state index is 0.485. The Bertz CT molecular complexity index is 474. The van der Waals surface area contributed by atoms with Gasteiger partial charge in [0, 0.05) is 17.2 Å². The Labute approximate surface area is 108 Å². The summed E-state index contributed by atoms with van der Waals surface area (Å²) in [6.07, 6.45) is 1.68. The highest BCUT2D eigenvalue weighted by molar-refractivity contribution is 9.10. The molecule has 0 fully saturated rings. The van der Waals surface area contributed by atoms with E-state index in [0.717, 1.165) is 16.7 Å². The number of rotatable bonds is 3. The van der Waals surface area contributed by atoms with E-state index in [1.165, 1.54) is 5.56 Å². The molecule has 0 aliphatic carbocycles. The molecule has 2 rings (SSSR count). The predicted octanol–water partition coefficient (Wildman–Crippen LogP) is 4.11. The zero-order chi connectivity index (χ0) is 11.4. The first-order valence-corrected chi connectivity index (χ1v) is 6.01.